The molecule has 1 unspecified atom stereocenters. The highest BCUT2D eigenvalue weighted by Gasteiger charge is 2.10. The van der Waals surface area contributed by atoms with Gasteiger partial charge in [0.2, 0.25) is 0 Å². The molecular formula is C16H27NO2. The van der Waals surface area contributed by atoms with E-state index in [-0.39, 0.29) is 6.04 Å². The minimum Gasteiger partial charge on any atom is -0.490 e. The molecule has 0 bridgehead atoms. The second-order valence-corrected chi connectivity index (χ2v) is 5.09. The molecule has 1 aromatic rings. The molecular weight excluding hydrogens is 238 g/mol. The molecule has 0 heterocycles. The van der Waals surface area contributed by atoms with Gasteiger partial charge in [-0.3, -0.25) is 0 Å². The summed E-state index contributed by atoms with van der Waals surface area (Å²) in [7, 11) is 0. The molecule has 3 heteroatoms. The largest absolute Gasteiger partial charge is 0.490 e. The van der Waals surface area contributed by atoms with E-state index in [0.717, 1.165) is 24.3 Å². The lowest BCUT2D eigenvalue weighted by Gasteiger charge is -2.16. The predicted molar refractivity (Wildman–Crippen MR) is 79.9 cm³/mol. The molecule has 108 valence electrons. The normalized spacial score (nSPS) is 12.5. The van der Waals surface area contributed by atoms with Crippen LogP contribution in [0.2, 0.25) is 0 Å². The molecule has 0 saturated heterocycles. The van der Waals surface area contributed by atoms with Crippen molar-refractivity contribution < 1.29 is 9.47 Å². The summed E-state index contributed by atoms with van der Waals surface area (Å²) in [6.07, 6.45) is 1.98. The molecule has 0 radical (unpaired) electrons. The first-order valence-corrected chi connectivity index (χ1v) is 7.22. The molecule has 2 N–H and O–H groups in total. The topological polar surface area (TPSA) is 44.5 Å². The summed E-state index contributed by atoms with van der Waals surface area (Å²) in [5, 5.41) is 0. The van der Waals surface area contributed by atoms with Gasteiger partial charge in [0, 0.05) is 6.04 Å². The molecule has 0 aromatic heterocycles. The van der Waals surface area contributed by atoms with Gasteiger partial charge < -0.3 is 15.2 Å². The SMILES string of the molecule is CCOc1ccc(CCC(N)C(C)C)cc1OCC. The van der Waals surface area contributed by atoms with Crippen molar-refractivity contribution in [2.24, 2.45) is 11.7 Å². The first-order chi connectivity index (χ1) is 9.08. The average molecular weight is 265 g/mol. The van der Waals surface area contributed by atoms with Gasteiger partial charge >= 0.3 is 0 Å². The van der Waals surface area contributed by atoms with Crippen molar-refractivity contribution in [2.75, 3.05) is 13.2 Å². The van der Waals surface area contributed by atoms with Crippen molar-refractivity contribution in [1.82, 2.24) is 0 Å². The number of nitrogens with two attached hydrogens (primary N) is 1. The fourth-order valence-corrected chi connectivity index (χ4v) is 1.92. The second kappa shape index (κ2) is 8.05. The third-order valence-electron chi connectivity index (χ3n) is 3.23. The fraction of sp³-hybridized carbons (Fsp3) is 0.625. The van der Waals surface area contributed by atoms with Crippen molar-refractivity contribution in [2.45, 2.75) is 46.6 Å². The molecule has 19 heavy (non-hydrogen) atoms. The first kappa shape index (κ1) is 15.8. The third kappa shape index (κ3) is 5.11. The van der Waals surface area contributed by atoms with Crippen molar-refractivity contribution in [1.29, 1.82) is 0 Å². The highest BCUT2D eigenvalue weighted by Crippen LogP contribution is 2.29. The Morgan fingerprint density at radius 2 is 1.68 bits per heavy atom. The molecule has 1 aromatic carbocycles. The summed E-state index contributed by atoms with van der Waals surface area (Å²) < 4.78 is 11.2. The minimum atomic E-state index is 0.252. The van der Waals surface area contributed by atoms with E-state index in [1.165, 1.54) is 5.56 Å². The molecule has 0 saturated carbocycles. The molecule has 0 spiro atoms. The Hall–Kier alpha value is -1.22. The maximum atomic E-state index is 6.08. The Morgan fingerprint density at radius 1 is 1.05 bits per heavy atom. The molecule has 0 amide bonds. The molecule has 3 nitrogen and oxygen atoms in total. The van der Waals surface area contributed by atoms with E-state index in [2.05, 4.69) is 26.0 Å². The smallest absolute Gasteiger partial charge is 0.161 e. The lowest BCUT2D eigenvalue weighted by molar-refractivity contribution is 0.287. The molecule has 0 aliphatic heterocycles. The minimum absolute atomic E-state index is 0.252. The summed E-state index contributed by atoms with van der Waals surface area (Å²) in [5.41, 5.74) is 7.34. The zero-order chi connectivity index (χ0) is 14.3. The molecule has 0 aliphatic carbocycles. The molecule has 0 fully saturated rings. The van der Waals surface area contributed by atoms with Crippen LogP contribution < -0.4 is 15.2 Å². The van der Waals surface area contributed by atoms with Gasteiger partial charge in [-0.05, 0) is 50.3 Å². The first-order valence-electron chi connectivity index (χ1n) is 7.22. The number of rotatable bonds is 8. The van der Waals surface area contributed by atoms with Crippen LogP contribution in [0.4, 0.5) is 0 Å². The van der Waals surface area contributed by atoms with Crippen LogP contribution >= 0.6 is 0 Å². The van der Waals surface area contributed by atoms with Crippen LogP contribution in [-0.4, -0.2) is 19.3 Å². The van der Waals surface area contributed by atoms with E-state index >= 15 is 0 Å². The molecule has 0 aliphatic rings. The van der Waals surface area contributed by atoms with Crippen molar-refractivity contribution >= 4 is 0 Å². The second-order valence-electron chi connectivity index (χ2n) is 5.09. The third-order valence-corrected chi connectivity index (χ3v) is 3.23. The van der Waals surface area contributed by atoms with Crippen molar-refractivity contribution in [3.8, 4) is 11.5 Å². The van der Waals surface area contributed by atoms with E-state index in [4.69, 9.17) is 15.2 Å². The Labute approximate surface area is 117 Å². The van der Waals surface area contributed by atoms with Crippen LogP contribution in [0.3, 0.4) is 0 Å². The van der Waals surface area contributed by atoms with Gasteiger partial charge in [0.05, 0.1) is 13.2 Å². The van der Waals surface area contributed by atoms with E-state index in [1.807, 2.05) is 19.9 Å². The average Bonchev–Trinajstić information content (AvgIpc) is 2.39. The van der Waals surface area contributed by atoms with Crippen molar-refractivity contribution in [3.05, 3.63) is 23.8 Å². The number of benzene rings is 1. The molecule has 1 rings (SSSR count). The zero-order valence-corrected chi connectivity index (χ0v) is 12.6. The number of hydrogen-bond donors (Lipinski definition) is 1. The Kier molecular flexibility index (Phi) is 6.71. The standard InChI is InChI=1S/C16H27NO2/c1-5-18-15-10-8-13(11-16(15)19-6-2)7-9-14(17)12(3)4/h8,10-12,14H,5-7,9,17H2,1-4H3. The van der Waals surface area contributed by atoms with Gasteiger partial charge in [0.1, 0.15) is 0 Å². The quantitative estimate of drug-likeness (QED) is 0.783. The summed E-state index contributed by atoms with van der Waals surface area (Å²) in [4.78, 5) is 0. The van der Waals surface area contributed by atoms with Gasteiger partial charge in [-0.25, -0.2) is 0 Å². The van der Waals surface area contributed by atoms with Gasteiger partial charge in [0.25, 0.3) is 0 Å². The lowest BCUT2D eigenvalue weighted by atomic mass is 9.97. The van der Waals surface area contributed by atoms with E-state index in [1.54, 1.807) is 0 Å². The fourth-order valence-electron chi connectivity index (χ4n) is 1.92. The number of hydrogen-bond acceptors (Lipinski definition) is 3. The summed E-state index contributed by atoms with van der Waals surface area (Å²) in [6.45, 7) is 9.58. The Morgan fingerprint density at radius 3 is 2.26 bits per heavy atom. The predicted octanol–water partition coefficient (Wildman–Crippen LogP) is 3.40. The van der Waals surface area contributed by atoms with Crippen LogP contribution in [0, 0.1) is 5.92 Å². The van der Waals surface area contributed by atoms with Gasteiger partial charge in [0.15, 0.2) is 11.5 Å². The summed E-state index contributed by atoms with van der Waals surface area (Å²) >= 11 is 0. The highest BCUT2D eigenvalue weighted by molar-refractivity contribution is 5.43. The van der Waals surface area contributed by atoms with Crippen LogP contribution in [0.15, 0.2) is 18.2 Å². The maximum Gasteiger partial charge on any atom is 0.161 e. The van der Waals surface area contributed by atoms with E-state index < -0.39 is 0 Å². The number of ether oxygens (including phenoxy) is 2. The van der Waals surface area contributed by atoms with Crippen molar-refractivity contribution in [3.63, 3.8) is 0 Å². The van der Waals surface area contributed by atoms with Crippen LogP contribution in [0.5, 0.6) is 11.5 Å². The highest BCUT2D eigenvalue weighted by atomic mass is 16.5. The molecule has 1 atom stereocenters. The van der Waals surface area contributed by atoms with E-state index in [0.29, 0.717) is 19.1 Å². The Balaban J connectivity index is 2.71. The maximum absolute atomic E-state index is 6.08. The van der Waals surface area contributed by atoms with Gasteiger partial charge in [-0.15, -0.1) is 0 Å². The van der Waals surface area contributed by atoms with Gasteiger partial charge in [-0.2, -0.15) is 0 Å². The summed E-state index contributed by atoms with van der Waals surface area (Å²) in [5.74, 6) is 2.18. The zero-order valence-electron chi connectivity index (χ0n) is 12.6. The lowest BCUT2D eigenvalue weighted by Crippen LogP contribution is -2.26. The number of aryl methyl sites for hydroxylation is 1. The summed E-state index contributed by atoms with van der Waals surface area (Å²) in [6, 6.07) is 6.41. The van der Waals surface area contributed by atoms with Gasteiger partial charge in [-0.1, -0.05) is 19.9 Å². The van der Waals surface area contributed by atoms with Crippen LogP contribution in [-0.2, 0) is 6.42 Å². The van der Waals surface area contributed by atoms with Crippen LogP contribution in [0.1, 0.15) is 39.7 Å². The monoisotopic (exact) mass is 265 g/mol. The Bertz CT molecular complexity index is 377. The van der Waals surface area contributed by atoms with Crippen LogP contribution in [0.25, 0.3) is 0 Å². The van der Waals surface area contributed by atoms with E-state index in [9.17, 15) is 0 Å².